The van der Waals surface area contributed by atoms with Crippen molar-refractivity contribution in [1.29, 1.82) is 0 Å². The molecule has 0 radical (unpaired) electrons. The lowest BCUT2D eigenvalue weighted by molar-refractivity contribution is -0.120. The van der Waals surface area contributed by atoms with E-state index in [1.807, 2.05) is 37.3 Å². The SMILES string of the molecule is C[C@@H]1CN([C@@H](C)CO)C(=O)c2cc(NC(=O)C3CCCCC3)ccc2O[C@@H]1CN(C)C(=O)Nc1ccccc1. The van der Waals surface area contributed by atoms with Gasteiger partial charge in [-0.25, -0.2) is 4.79 Å². The van der Waals surface area contributed by atoms with Crippen molar-refractivity contribution in [1.82, 2.24) is 9.80 Å². The van der Waals surface area contributed by atoms with Crippen LogP contribution in [0.25, 0.3) is 0 Å². The van der Waals surface area contributed by atoms with E-state index in [0.717, 1.165) is 32.1 Å². The Morgan fingerprint density at radius 3 is 2.49 bits per heavy atom. The standard InChI is InChI=1S/C30H40N4O5/c1-20-17-34(21(2)19-35)29(37)25-16-24(31-28(36)22-10-6-4-7-11-22)14-15-26(25)39-27(20)18-33(3)30(38)32-23-12-8-5-9-13-23/h5,8-9,12-16,20-22,27,35H,4,6-7,10-11,17-19H2,1-3H3,(H,31,36)(H,32,38)/t20-,21+,27-/m1/s1. The van der Waals surface area contributed by atoms with Crippen molar-refractivity contribution in [2.24, 2.45) is 11.8 Å². The minimum Gasteiger partial charge on any atom is -0.487 e. The summed E-state index contributed by atoms with van der Waals surface area (Å²) in [7, 11) is 1.71. The van der Waals surface area contributed by atoms with Gasteiger partial charge in [-0.3, -0.25) is 9.59 Å². The summed E-state index contributed by atoms with van der Waals surface area (Å²) in [6.45, 7) is 4.22. The van der Waals surface area contributed by atoms with Crippen molar-refractivity contribution >= 4 is 29.2 Å². The monoisotopic (exact) mass is 536 g/mol. The number of amides is 4. The number of aliphatic hydroxyl groups is 1. The summed E-state index contributed by atoms with van der Waals surface area (Å²) in [5.74, 6) is -0.0396. The molecular weight excluding hydrogens is 496 g/mol. The second kappa shape index (κ2) is 13.0. The van der Waals surface area contributed by atoms with Gasteiger partial charge < -0.3 is 30.3 Å². The van der Waals surface area contributed by atoms with Crippen molar-refractivity contribution in [2.45, 2.75) is 58.1 Å². The van der Waals surface area contributed by atoms with Crippen molar-refractivity contribution < 1.29 is 24.2 Å². The fourth-order valence-corrected chi connectivity index (χ4v) is 5.22. The Morgan fingerprint density at radius 2 is 1.79 bits per heavy atom. The molecule has 4 rings (SSSR count). The van der Waals surface area contributed by atoms with Crippen molar-refractivity contribution in [2.75, 3.05) is 37.4 Å². The van der Waals surface area contributed by atoms with Crippen LogP contribution < -0.4 is 15.4 Å². The van der Waals surface area contributed by atoms with Gasteiger partial charge in [-0.15, -0.1) is 0 Å². The second-order valence-corrected chi connectivity index (χ2v) is 10.8. The summed E-state index contributed by atoms with van der Waals surface area (Å²) >= 11 is 0. The molecule has 0 spiro atoms. The molecule has 0 bridgehead atoms. The Balaban J connectivity index is 1.56. The Morgan fingerprint density at radius 1 is 1.08 bits per heavy atom. The zero-order valence-electron chi connectivity index (χ0n) is 23.1. The van der Waals surface area contributed by atoms with E-state index in [-0.39, 0.29) is 42.8 Å². The first-order valence-corrected chi connectivity index (χ1v) is 13.9. The van der Waals surface area contributed by atoms with Crippen molar-refractivity contribution in [3.05, 3.63) is 54.1 Å². The van der Waals surface area contributed by atoms with Gasteiger partial charge in [0.1, 0.15) is 11.9 Å². The second-order valence-electron chi connectivity index (χ2n) is 10.8. The highest BCUT2D eigenvalue weighted by atomic mass is 16.5. The number of carbonyl (C=O) groups excluding carboxylic acids is 3. The summed E-state index contributed by atoms with van der Waals surface area (Å²) in [5.41, 5.74) is 1.56. The molecule has 210 valence electrons. The Kier molecular flexibility index (Phi) is 9.45. The molecule has 0 saturated heterocycles. The highest BCUT2D eigenvalue weighted by Gasteiger charge is 2.34. The van der Waals surface area contributed by atoms with Crippen LogP contribution in [0.4, 0.5) is 16.2 Å². The predicted octanol–water partition coefficient (Wildman–Crippen LogP) is 4.59. The lowest BCUT2D eigenvalue weighted by atomic mass is 9.88. The number of likely N-dealkylation sites (N-methyl/N-ethyl adjacent to an activating group) is 1. The fourth-order valence-electron chi connectivity index (χ4n) is 5.22. The normalized spacial score (nSPS) is 20.6. The van der Waals surface area contributed by atoms with Crippen LogP contribution in [0.5, 0.6) is 5.75 Å². The molecule has 3 atom stereocenters. The number of urea groups is 1. The van der Waals surface area contributed by atoms with Gasteiger partial charge in [-0.2, -0.15) is 0 Å². The third-order valence-electron chi connectivity index (χ3n) is 7.73. The van der Waals surface area contributed by atoms with Gasteiger partial charge in [0, 0.05) is 36.8 Å². The molecule has 9 nitrogen and oxygen atoms in total. The summed E-state index contributed by atoms with van der Waals surface area (Å²) in [6, 6.07) is 13.7. The first-order valence-electron chi connectivity index (χ1n) is 13.9. The Labute approximate surface area is 230 Å². The largest absolute Gasteiger partial charge is 0.487 e. The van der Waals surface area contributed by atoms with Gasteiger partial charge in [0.2, 0.25) is 5.91 Å². The highest BCUT2D eigenvalue weighted by molar-refractivity contribution is 6.00. The van der Waals surface area contributed by atoms with Crippen LogP contribution in [0.2, 0.25) is 0 Å². The van der Waals surface area contributed by atoms with Gasteiger partial charge in [0.05, 0.1) is 24.8 Å². The zero-order chi connectivity index (χ0) is 27.9. The molecule has 2 aromatic rings. The number of aliphatic hydroxyl groups excluding tert-OH is 1. The van der Waals surface area contributed by atoms with Crippen LogP contribution in [-0.4, -0.2) is 71.6 Å². The number of nitrogens with one attached hydrogen (secondary N) is 2. The third kappa shape index (κ3) is 7.09. The number of hydrogen-bond acceptors (Lipinski definition) is 5. The van der Waals surface area contributed by atoms with Gasteiger partial charge >= 0.3 is 6.03 Å². The van der Waals surface area contributed by atoms with E-state index in [2.05, 4.69) is 10.6 Å². The highest BCUT2D eigenvalue weighted by Crippen LogP contribution is 2.32. The van der Waals surface area contributed by atoms with Crippen LogP contribution in [0, 0.1) is 11.8 Å². The topological polar surface area (TPSA) is 111 Å². The maximum atomic E-state index is 13.7. The van der Waals surface area contributed by atoms with E-state index >= 15 is 0 Å². The minimum atomic E-state index is -0.417. The number of benzene rings is 2. The van der Waals surface area contributed by atoms with Crippen LogP contribution in [0.1, 0.15) is 56.3 Å². The molecule has 2 aromatic carbocycles. The Bertz CT molecular complexity index is 1150. The number of carbonyl (C=O) groups is 3. The van der Waals surface area contributed by atoms with E-state index in [9.17, 15) is 19.5 Å². The predicted molar refractivity (Wildman–Crippen MR) is 151 cm³/mol. The van der Waals surface area contributed by atoms with Crippen LogP contribution in [0.15, 0.2) is 48.5 Å². The van der Waals surface area contributed by atoms with E-state index in [4.69, 9.17) is 4.74 Å². The molecule has 9 heteroatoms. The molecule has 1 fully saturated rings. The van der Waals surface area contributed by atoms with Gasteiger partial charge in [0.15, 0.2) is 0 Å². The number of anilines is 2. The van der Waals surface area contributed by atoms with Gasteiger partial charge in [0.25, 0.3) is 5.91 Å². The third-order valence-corrected chi connectivity index (χ3v) is 7.73. The number of nitrogens with zero attached hydrogens (tertiary/aromatic N) is 2. The molecule has 2 aliphatic rings. The maximum Gasteiger partial charge on any atom is 0.321 e. The summed E-state index contributed by atoms with van der Waals surface area (Å²) in [6.07, 6.45) is 4.62. The van der Waals surface area contributed by atoms with Crippen molar-refractivity contribution in [3.8, 4) is 5.75 Å². The molecule has 1 saturated carbocycles. The number of fused-ring (bicyclic) bond motifs is 1. The molecule has 39 heavy (non-hydrogen) atoms. The fraction of sp³-hybridized carbons (Fsp3) is 0.500. The van der Waals surface area contributed by atoms with Crippen molar-refractivity contribution in [3.63, 3.8) is 0 Å². The van der Waals surface area contributed by atoms with Crippen LogP contribution >= 0.6 is 0 Å². The number of para-hydroxylation sites is 1. The average molecular weight is 537 g/mol. The van der Waals surface area contributed by atoms with E-state index in [1.54, 1.807) is 42.0 Å². The molecule has 4 amide bonds. The summed E-state index contributed by atoms with van der Waals surface area (Å²) in [4.78, 5) is 42.6. The first-order chi connectivity index (χ1) is 18.8. The molecule has 0 unspecified atom stereocenters. The van der Waals surface area contributed by atoms with Crippen LogP contribution in [0.3, 0.4) is 0 Å². The van der Waals surface area contributed by atoms with Gasteiger partial charge in [-0.1, -0.05) is 44.4 Å². The van der Waals surface area contributed by atoms with E-state index < -0.39 is 12.1 Å². The summed E-state index contributed by atoms with van der Waals surface area (Å²) < 4.78 is 6.38. The first kappa shape index (κ1) is 28.4. The zero-order valence-corrected chi connectivity index (χ0v) is 23.1. The lowest BCUT2D eigenvalue weighted by Gasteiger charge is -2.38. The maximum absolute atomic E-state index is 13.7. The quantitative estimate of drug-likeness (QED) is 0.479. The van der Waals surface area contributed by atoms with E-state index in [0.29, 0.717) is 29.2 Å². The lowest BCUT2D eigenvalue weighted by Crippen LogP contribution is -2.50. The molecule has 0 aromatic heterocycles. The summed E-state index contributed by atoms with van der Waals surface area (Å²) in [5, 5.41) is 15.8. The Hall–Kier alpha value is -3.59. The molecule has 1 heterocycles. The number of hydrogen-bond donors (Lipinski definition) is 3. The smallest absolute Gasteiger partial charge is 0.321 e. The molecular formula is C30H40N4O5. The van der Waals surface area contributed by atoms with Gasteiger partial charge in [-0.05, 0) is 50.1 Å². The van der Waals surface area contributed by atoms with Crippen LogP contribution in [-0.2, 0) is 4.79 Å². The number of rotatable bonds is 7. The molecule has 3 N–H and O–H groups in total. The number of ether oxygens (including phenoxy) is 1. The molecule has 1 aliphatic heterocycles. The minimum absolute atomic E-state index is 0.0126. The molecule has 1 aliphatic carbocycles. The average Bonchev–Trinajstić information content (AvgIpc) is 2.95. The van der Waals surface area contributed by atoms with E-state index in [1.165, 1.54) is 0 Å².